The molecule has 0 radical (unpaired) electrons. The van der Waals surface area contributed by atoms with Crippen molar-refractivity contribution in [3.63, 3.8) is 0 Å². The van der Waals surface area contributed by atoms with E-state index in [-0.39, 0.29) is 0 Å². The fraction of sp³-hybridized carbons (Fsp3) is 0.263. The first-order chi connectivity index (χ1) is 11.2. The van der Waals surface area contributed by atoms with Crippen molar-refractivity contribution in [1.29, 1.82) is 0 Å². The van der Waals surface area contributed by atoms with Crippen LogP contribution in [0.2, 0.25) is 0 Å². The summed E-state index contributed by atoms with van der Waals surface area (Å²) >= 11 is 5.54. The van der Waals surface area contributed by atoms with E-state index in [4.69, 9.17) is 16.0 Å². The van der Waals surface area contributed by atoms with E-state index in [9.17, 15) is 4.79 Å². The second-order valence-electron chi connectivity index (χ2n) is 6.08. The summed E-state index contributed by atoms with van der Waals surface area (Å²) in [6.45, 7) is 0. The highest BCUT2D eigenvalue weighted by Gasteiger charge is 2.18. The Labute approximate surface area is 139 Å². The van der Waals surface area contributed by atoms with Gasteiger partial charge in [0.1, 0.15) is 5.52 Å². The lowest BCUT2D eigenvalue weighted by Crippen LogP contribution is -1.91. The van der Waals surface area contributed by atoms with E-state index in [2.05, 4.69) is 17.1 Å². The molecule has 1 fully saturated rings. The van der Waals surface area contributed by atoms with Gasteiger partial charge in [-0.3, -0.25) is 4.79 Å². The predicted molar refractivity (Wildman–Crippen MR) is 90.8 cm³/mol. The molecule has 1 aromatic heterocycles. The van der Waals surface area contributed by atoms with Crippen molar-refractivity contribution in [1.82, 2.24) is 4.98 Å². The minimum absolute atomic E-state index is 0.443. The number of hydrogen-bond donors (Lipinski definition) is 0. The average molecular weight is 326 g/mol. The predicted octanol–water partition coefficient (Wildman–Crippen LogP) is 5.53. The van der Waals surface area contributed by atoms with Gasteiger partial charge in [0.05, 0.1) is 0 Å². The maximum atomic E-state index is 11.3. The Bertz CT molecular complexity index is 878. The van der Waals surface area contributed by atoms with Gasteiger partial charge in [-0.15, -0.1) is 0 Å². The molecule has 2 aromatic carbocycles. The molecule has 1 aliphatic carbocycles. The van der Waals surface area contributed by atoms with Gasteiger partial charge < -0.3 is 4.42 Å². The van der Waals surface area contributed by atoms with E-state index < -0.39 is 5.24 Å². The number of rotatable bonds is 3. The number of hydrogen-bond acceptors (Lipinski definition) is 3. The quantitative estimate of drug-likeness (QED) is 0.594. The number of benzene rings is 2. The van der Waals surface area contributed by atoms with Gasteiger partial charge in [0.15, 0.2) is 5.58 Å². The largest absolute Gasteiger partial charge is 0.436 e. The Hall–Kier alpha value is -2.13. The SMILES string of the molecule is O=C(Cl)c1cccc(-c2nc3cc(C4CCCC4)ccc3o2)c1. The molecule has 3 nitrogen and oxygen atoms in total. The highest BCUT2D eigenvalue weighted by atomic mass is 35.5. The van der Waals surface area contributed by atoms with E-state index in [1.165, 1.54) is 31.2 Å². The summed E-state index contributed by atoms with van der Waals surface area (Å²) in [7, 11) is 0. The standard InChI is InChI=1S/C19H16ClNO2/c20-18(22)14-6-3-7-15(10-14)19-21-16-11-13(8-9-17(16)23-19)12-4-1-2-5-12/h3,6-12H,1-2,4-5H2. The second kappa shape index (κ2) is 5.82. The van der Waals surface area contributed by atoms with Crippen molar-refractivity contribution < 1.29 is 9.21 Å². The van der Waals surface area contributed by atoms with Crippen LogP contribution >= 0.6 is 11.6 Å². The summed E-state index contributed by atoms with van der Waals surface area (Å²) in [5.74, 6) is 1.17. The molecule has 0 N–H and O–H groups in total. The Balaban J connectivity index is 1.73. The van der Waals surface area contributed by atoms with E-state index in [1.807, 2.05) is 12.1 Å². The number of nitrogens with zero attached hydrogens (tertiary/aromatic N) is 1. The van der Waals surface area contributed by atoms with Crippen LogP contribution in [0.1, 0.15) is 47.5 Å². The van der Waals surface area contributed by atoms with E-state index in [0.29, 0.717) is 17.4 Å². The monoisotopic (exact) mass is 325 g/mol. The number of fused-ring (bicyclic) bond motifs is 1. The highest BCUT2D eigenvalue weighted by Crippen LogP contribution is 2.36. The molecule has 1 heterocycles. The van der Waals surface area contributed by atoms with Gasteiger partial charge >= 0.3 is 0 Å². The van der Waals surface area contributed by atoms with Crippen molar-refractivity contribution in [2.24, 2.45) is 0 Å². The van der Waals surface area contributed by atoms with Crippen LogP contribution in [0.4, 0.5) is 0 Å². The van der Waals surface area contributed by atoms with Gasteiger partial charge in [-0.1, -0.05) is 31.0 Å². The van der Waals surface area contributed by atoms with Crippen LogP contribution in [-0.4, -0.2) is 10.2 Å². The lowest BCUT2D eigenvalue weighted by Gasteiger charge is -2.07. The number of aromatic nitrogens is 1. The first-order valence-electron chi connectivity index (χ1n) is 7.91. The van der Waals surface area contributed by atoms with Gasteiger partial charge in [0, 0.05) is 11.1 Å². The van der Waals surface area contributed by atoms with Crippen LogP contribution in [0, 0.1) is 0 Å². The molecule has 0 amide bonds. The van der Waals surface area contributed by atoms with Gasteiger partial charge in [-0.05, 0) is 60.2 Å². The maximum Gasteiger partial charge on any atom is 0.252 e. The van der Waals surface area contributed by atoms with Gasteiger partial charge in [-0.25, -0.2) is 4.98 Å². The molecule has 4 heteroatoms. The minimum Gasteiger partial charge on any atom is -0.436 e. The molecule has 23 heavy (non-hydrogen) atoms. The van der Waals surface area contributed by atoms with Gasteiger partial charge in [0.25, 0.3) is 5.24 Å². The zero-order valence-corrected chi connectivity index (χ0v) is 13.3. The van der Waals surface area contributed by atoms with Crippen LogP contribution in [0.3, 0.4) is 0 Å². The van der Waals surface area contributed by atoms with Gasteiger partial charge in [0.2, 0.25) is 5.89 Å². The number of halogens is 1. The minimum atomic E-state index is -0.480. The molecule has 0 spiro atoms. The molecule has 0 bridgehead atoms. The topological polar surface area (TPSA) is 43.1 Å². The summed E-state index contributed by atoms with van der Waals surface area (Å²) in [6.07, 6.45) is 5.14. The van der Waals surface area contributed by atoms with E-state index in [0.717, 1.165) is 16.7 Å². The van der Waals surface area contributed by atoms with Crippen molar-refractivity contribution in [3.05, 3.63) is 53.6 Å². The van der Waals surface area contributed by atoms with E-state index >= 15 is 0 Å². The molecule has 3 aromatic rings. The second-order valence-corrected chi connectivity index (χ2v) is 6.43. The summed E-state index contributed by atoms with van der Waals surface area (Å²) in [6, 6.07) is 13.3. The Morgan fingerprint density at radius 3 is 2.74 bits per heavy atom. The van der Waals surface area contributed by atoms with Crippen LogP contribution in [-0.2, 0) is 0 Å². The summed E-state index contributed by atoms with van der Waals surface area (Å²) in [4.78, 5) is 15.9. The zero-order chi connectivity index (χ0) is 15.8. The third kappa shape index (κ3) is 2.77. The molecule has 0 saturated heterocycles. The van der Waals surface area contributed by atoms with Crippen LogP contribution in [0.5, 0.6) is 0 Å². The third-order valence-corrected chi connectivity index (χ3v) is 4.79. The molecule has 116 valence electrons. The number of oxazole rings is 1. The lowest BCUT2D eigenvalue weighted by atomic mass is 9.97. The number of carbonyl (C=O) groups is 1. The summed E-state index contributed by atoms with van der Waals surface area (Å²) < 4.78 is 5.84. The first-order valence-corrected chi connectivity index (χ1v) is 8.29. The maximum absolute atomic E-state index is 11.3. The Kier molecular flexibility index (Phi) is 3.66. The lowest BCUT2D eigenvalue weighted by molar-refractivity contribution is 0.108. The van der Waals surface area contributed by atoms with Crippen LogP contribution in [0.15, 0.2) is 46.9 Å². The average Bonchev–Trinajstić information content (AvgIpc) is 3.23. The zero-order valence-electron chi connectivity index (χ0n) is 12.6. The molecule has 0 atom stereocenters. The van der Waals surface area contributed by atoms with Crippen LogP contribution in [0.25, 0.3) is 22.6 Å². The molecule has 0 aliphatic heterocycles. The molecule has 1 saturated carbocycles. The molecular weight excluding hydrogens is 310 g/mol. The fourth-order valence-corrected chi connectivity index (χ4v) is 3.47. The van der Waals surface area contributed by atoms with E-state index in [1.54, 1.807) is 18.2 Å². The van der Waals surface area contributed by atoms with Crippen molar-refractivity contribution >= 4 is 27.9 Å². The normalized spacial score (nSPS) is 15.3. The molecular formula is C19H16ClNO2. The molecule has 4 rings (SSSR count). The van der Waals surface area contributed by atoms with Crippen LogP contribution < -0.4 is 0 Å². The third-order valence-electron chi connectivity index (χ3n) is 4.57. The first kappa shape index (κ1) is 14.5. The van der Waals surface area contributed by atoms with Crippen molar-refractivity contribution in [2.75, 3.05) is 0 Å². The highest BCUT2D eigenvalue weighted by molar-refractivity contribution is 6.67. The van der Waals surface area contributed by atoms with Crippen molar-refractivity contribution in [2.45, 2.75) is 31.6 Å². The fourth-order valence-electron chi connectivity index (χ4n) is 3.36. The summed E-state index contributed by atoms with van der Waals surface area (Å²) in [5, 5.41) is -0.480. The smallest absolute Gasteiger partial charge is 0.252 e. The Morgan fingerprint density at radius 2 is 1.96 bits per heavy atom. The molecule has 1 aliphatic rings. The number of carbonyl (C=O) groups excluding carboxylic acids is 1. The van der Waals surface area contributed by atoms with Crippen molar-refractivity contribution in [3.8, 4) is 11.5 Å². The summed E-state index contributed by atoms with van der Waals surface area (Å²) in [5.41, 5.74) is 4.18. The Morgan fingerprint density at radius 1 is 1.13 bits per heavy atom. The molecule has 0 unspecified atom stereocenters. The van der Waals surface area contributed by atoms with Gasteiger partial charge in [-0.2, -0.15) is 0 Å².